The first kappa shape index (κ1) is 21.8. The highest BCUT2D eigenvalue weighted by Crippen LogP contribution is 2.26. The van der Waals surface area contributed by atoms with Gasteiger partial charge in [-0.25, -0.2) is 14.2 Å². The SMILES string of the molecule is CC(C)[C@H](Nc1nc(Nc2ccc3ncccc3c2)c(C#N)cc1F)[C@H](C)NC(=O)O. The summed E-state index contributed by atoms with van der Waals surface area (Å²) in [5.41, 5.74) is 1.54. The molecule has 0 aliphatic carbocycles. The van der Waals surface area contributed by atoms with Crippen molar-refractivity contribution in [3.05, 3.63) is 54.0 Å². The average Bonchev–Trinajstić information content (AvgIpc) is 2.72. The number of nitrogens with one attached hydrogen (secondary N) is 3. The van der Waals surface area contributed by atoms with Gasteiger partial charge in [0.2, 0.25) is 0 Å². The number of carboxylic acid groups (broad SMARTS) is 1. The number of nitriles is 1. The van der Waals surface area contributed by atoms with Crippen molar-refractivity contribution in [1.82, 2.24) is 15.3 Å². The lowest BCUT2D eigenvalue weighted by Gasteiger charge is -2.29. The molecule has 160 valence electrons. The lowest BCUT2D eigenvalue weighted by molar-refractivity contribution is 0.188. The molecule has 0 aliphatic rings. The van der Waals surface area contributed by atoms with Crippen molar-refractivity contribution in [2.75, 3.05) is 10.6 Å². The molecule has 3 rings (SSSR count). The number of carbonyl (C=O) groups is 1. The van der Waals surface area contributed by atoms with Gasteiger partial charge >= 0.3 is 6.09 Å². The number of halogens is 1. The minimum Gasteiger partial charge on any atom is -0.465 e. The number of rotatable bonds is 7. The van der Waals surface area contributed by atoms with Gasteiger partial charge in [-0.15, -0.1) is 0 Å². The van der Waals surface area contributed by atoms with Crippen LogP contribution in [0.2, 0.25) is 0 Å². The molecule has 0 aliphatic heterocycles. The van der Waals surface area contributed by atoms with E-state index in [1.165, 1.54) is 0 Å². The van der Waals surface area contributed by atoms with Crippen LogP contribution in [0.3, 0.4) is 0 Å². The zero-order valence-electron chi connectivity index (χ0n) is 17.3. The third kappa shape index (κ3) is 5.17. The second kappa shape index (κ2) is 9.26. The Hall–Kier alpha value is -3.93. The number of amides is 1. The summed E-state index contributed by atoms with van der Waals surface area (Å²) < 4.78 is 14.7. The molecule has 3 aromatic rings. The summed E-state index contributed by atoms with van der Waals surface area (Å²) in [5, 5.41) is 27.8. The fourth-order valence-electron chi connectivity index (χ4n) is 3.37. The van der Waals surface area contributed by atoms with Crippen molar-refractivity contribution in [1.29, 1.82) is 5.26 Å². The van der Waals surface area contributed by atoms with E-state index in [1.807, 2.05) is 44.2 Å². The number of hydrogen-bond acceptors (Lipinski definition) is 6. The molecule has 4 N–H and O–H groups in total. The standard InChI is InChI=1S/C22H23FN6O2/c1-12(2)19(13(3)26-22(30)31)28-21-17(23)10-15(11-24)20(29-21)27-16-6-7-18-14(9-16)5-4-8-25-18/h4-10,12-13,19,26H,1-3H3,(H,30,31)(H2,27,28,29)/t13-,19-/m0/s1. The van der Waals surface area contributed by atoms with Crippen molar-refractivity contribution < 1.29 is 14.3 Å². The second-order valence-corrected chi connectivity index (χ2v) is 7.51. The number of hydrogen-bond donors (Lipinski definition) is 4. The molecule has 2 aromatic heterocycles. The molecule has 0 bridgehead atoms. The van der Waals surface area contributed by atoms with Crippen LogP contribution in [0, 0.1) is 23.1 Å². The summed E-state index contributed by atoms with van der Waals surface area (Å²) in [7, 11) is 0. The predicted octanol–water partition coefficient (Wildman–Crippen LogP) is 4.48. The van der Waals surface area contributed by atoms with E-state index in [-0.39, 0.29) is 23.1 Å². The summed E-state index contributed by atoms with van der Waals surface area (Å²) in [5.74, 6) is -0.598. The Morgan fingerprint density at radius 3 is 2.65 bits per heavy atom. The van der Waals surface area contributed by atoms with Crippen LogP contribution < -0.4 is 16.0 Å². The maximum Gasteiger partial charge on any atom is 0.404 e. The van der Waals surface area contributed by atoms with Crippen molar-refractivity contribution in [3.8, 4) is 6.07 Å². The van der Waals surface area contributed by atoms with E-state index >= 15 is 0 Å². The summed E-state index contributed by atoms with van der Waals surface area (Å²) in [6.45, 7) is 5.47. The molecule has 0 saturated carbocycles. The number of aromatic nitrogens is 2. The predicted molar refractivity (Wildman–Crippen MR) is 117 cm³/mol. The van der Waals surface area contributed by atoms with E-state index in [9.17, 15) is 14.4 Å². The Morgan fingerprint density at radius 2 is 1.97 bits per heavy atom. The van der Waals surface area contributed by atoms with Gasteiger partial charge in [0.05, 0.1) is 11.1 Å². The average molecular weight is 422 g/mol. The van der Waals surface area contributed by atoms with Gasteiger partial charge in [-0.2, -0.15) is 5.26 Å². The molecule has 0 fully saturated rings. The van der Waals surface area contributed by atoms with Gasteiger partial charge in [-0.3, -0.25) is 4.98 Å². The Balaban J connectivity index is 1.93. The summed E-state index contributed by atoms with van der Waals surface area (Å²) in [4.78, 5) is 19.6. The van der Waals surface area contributed by atoms with E-state index in [0.717, 1.165) is 17.0 Å². The first-order valence-electron chi connectivity index (χ1n) is 9.77. The van der Waals surface area contributed by atoms with Crippen LogP contribution in [-0.4, -0.2) is 33.3 Å². The third-order valence-corrected chi connectivity index (χ3v) is 4.87. The zero-order chi connectivity index (χ0) is 22.5. The molecular weight excluding hydrogens is 399 g/mol. The topological polar surface area (TPSA) is 123 Å². The van der Waals surface area contributed by atoms with Gasteiger partial charge in [-0.05, 0) is 43.2 Å². The zero-order valence-corrected chi connectivity index (χ0v) is 17.3. The fourth-order valence-corrected chi connectivity index (χ4v) is 3.37. The molecule has 1 aromatic carbocycles. The monoisotopic (exact) mass is 422 g/mol. The van der Waals surface area contributed by atoms with Crippen molar-refractivity contribution in [2.45, 2.75) is 32.9 Å². The molecule has 0 spiro atoms. The highest BCUT2D eigenvalue weighted by molar-refractivity contribution is 5.83. The normalized spacial score (nSPS) is 12.8. The van der Waals surface area contributed by atoms with Crippen molar-refractivity contribution >= 4 is 34.3 Å². The van der Waals surface area contributed by atoms with Crippen LogP contribution in [0.1, 0.15) is 26.3 Å². The van der Waals surface area contributed by atoms with E-state index in [4.69, 9.17) is 5.11 Å². The minimum absolute atomic E-state index is 0.0249. The number of pyridine rings is 2. The summed E-state index contributed by atoms with van der Waals surface area (Å²) >= 11 is 0. The van der Waals surface area contributed by atoms with Crippen LogP contribution in [-0.2, 0) is 0 Å². The lowest BCUT2D eigenvalue weighted by Crippen LogP contribution is -2.47. The van der Waals surface area contributed by atoms with Crippen LogP contribution >= 0.6 is 0 Å². The Labute approximate surface area is 179 Å². The van der Waals surface area contributed by atoms with Crippen LogP contribution in [0.4, 0.5) is 26.5 Å². The van der Waals surface area contributed by atoms with Crippen LogP contribution in [0.25, 0.3) is 10.9 Å². The molecule has 0 radical (unpaired) electrons. The van der Waals surface area contributed by atoms with Gasteiger partial charge in [0.25, 0.3) is 0 Å². The van der Waals surface area contributed by atoms with Gasteiger partial charge < -0.3 is 21.1 Å². The Kier molecular flexibility index (Phi) is 6.50. The first-order chi connectivity index (χ1) is 14.8. The number of fused-ring (bicyclic) bond motifs is 1. The molecule has 2 heterocycles. The second-order valence-electron chi connectivity index (χ2n) is 7.51. The molecule has 2 atom stereocenters. The number of anilines is 3. The molecular formula is C22H23FN6O2. The number of benzene rings is 1. The summed E-state index contributed by atoms with van der Waals surface area (Å²) in [6.07, 6.45) is 0.537. The lowest BCUT2D eigenvalue weighted by atomic mass is 9.97. The number of nitrogens with zero attached hydrogens (tertiary/aromatic N) is 3. The van der Waals surface area contributed by atoms with Crippen molar-refractivity contribution in [2.24, 2.45) is 5.92 Å². The molecule has 9 heteroatoms. The van der Waals surface area contributed by atoms with Gasteiger partial charge in [0, 0.05) is 29.4 Å². The van der Waals surface area contributed by atoms with Gasteiger partial charge in [-0.1, -0.05) is 19.9 Å². The maximum absolute atomic E-state index is 14.7. The van der Waals surface area contributed by atoms with E-state index in [0.29, 0.717) is 5.69 Å². The summed E-state index contributed by atoms with van der Waals surface area (Å²) in [6, 6.07) is 11.4. The Bertz CT molecular complexity index is 1140. The van der Waals surface area contributed by atoms with Gasteiger partial charge in [0.1, 0.15) is 6.07 Å². The highest BCUT2D eigenvalue weighted by atomic mass is 19.1. The molecule has 0 saturated heterocycles. The van der Waals surface area contributed by atoms with E-state index in [1.54, 1.807) is 19.2 Å². The minimum atomic E-state index is -1.17. The smallest absolute Gasteiger partial charge is 0.404 e. The largest absolute Gasteiger partial charge is 0.465 e. The Morgan fingerprint density at radius 1 is 1.19 bits per heavy atom. The van der Waals surface area contributed by atoms with E-state index < -0.39 is 24.0 Å². The molecule has 1 amide bonds. The third-order valence-electron chi connectivity index (χ3n) is 4.87. The van der Waals surface area contributed by atoms with Gasteiger partial charge in [0.15, 0.2) is 17.5 Å². The van der Waals surface area contributed by atoms with E-state index in [2.05, 4.69) is 25.9 Å². The first-order valence-corrected chi connectivity index (χ1v) is 9.77. The fraction of sp³-hybridized carbons (Fsp3) is 0.273. The maximum atomic E-state index is 14.7. The molecule has 8 nitrogen and oxygen atoms in total. The van der Waals surface area contributed by atoms with Crippen LogP contribution in [0.15, 0.2) is 42.6 Å². The molecule has 0 unspecified atom stereocenters. The highest BCUT2D eigenvalue weighted by Gasteiger charge is 2.24. The molecule has 31 heavy (non-hydrogen) atoms. The van der Waals surface area contributed by atoms with Crippen LogP contribution in [0.5, 0.6) is 0 Å². The van der Waals surface area contributed by atoms with Crippen molar-refractivity contribution in [3.63, 3.8) is 0 Å². The quantitative estimate of drug-likeness (QED) is 0.443.